The molecule has 0 aliphatic heterocycles. The van der Waals surface area contributed by atoms with Gasteiger partial charge in [0.05, 0.1) is 5.56 Å². The standard InChI is InChI=1S/C12H13N3O2.ClH/c1-6-4-3-5-7-8(6)9(11(13)16)10(12(14)17)15(7)2;/h3-5H,1-2H3,(H2,13,16)(H2,14,17);1H. The third-order valence-electron chi connectivity index (χ3n) is 2.91. The minimum absolute atomic E-state index is 0. The topological polar surface area (TPSA) is 91.1 Å². The quantitative estimate of drug-likeness (QED) is 0.853. The number of primary amides is 2. The second kappa shape index (κ2) is 4.70. The van der Waals surface area contributed by atoms with Crippen LogP contribution in [0.4, 0.5) is 0 Å². The Morgan fingerprint density at radius 1 is 1.17 bits per heavy atom. The highest BCUT2D eigenvalue weighted by atomic mass is 35.5. The molecule has 2 rings (SSSR count). The highest BCUT2D eigenvalue weighted by Crippen LogP contribution is 2.27. The minimum atomic E-state index is -0.656. The molecule has 18 heavy (non-hydrogen) atoms. The molecule has 0 fully saturated rings. The first-order valence-electron chi connectivity index (χ1n) is 5.12. The molecule has 0 unspecified atom stereocenters. The summed E-state index contributed by atoms with van der Waals surface area (Å²) < 4.78 is 1.60. The third kappa shape index (κ3) is 1.82. The summed E-state index contributed by atoms with van der Waals surface area (Å²) in [6, 6.07) is 5.54. The average molecular weight is 268 g/mol. The second-order valence-corrected chi connectivity index (χ2v) is 3.98. The Morgan fingerprint density at radius 3 is 2.28 bits per heavy atom. The largest absolute Gasteiger partial charge is 0.366 e. The van der Waals surface area contributed by atoms with Gasteiger partial charge >= 0.3 is 0 Å². The Balaban J connectivity index is 0.00000162. The number of benzene rings is 1. The number of fused-ring (bicyclic) bond motifs is 1. The van der Waals surface area contributed by atoms with Crippen molar-refractivity contribution in [1.29, 1.82) is 0 Å². The second-order valence-electron chi connectivity index (χ2n) is 3.98. The first kappa shape index (κ1) is 14.1. The van der Waals surface area contributed by atoms with Crippen molar-refractivity contribution < 1.29 is 9.59 Å². The number of hydrogen-bond donors (Lipinski definition) is 2. The lowest BCUT2D eigenvalue weighted by molar-refractivity contribution is 0.0963. The van der Waals surface area contributed by atoms with Crippen molar-refractivity contribution in [2.75, 3.05) is 0 Å². The van der Waals surface area contributed by atoms with E-state index >= 15 is 0 Å². The predicted molar refractivity (Wildman–Crippen MR) is 71.9 cm³/mol. The van der Waals surface area contributed by atoms with E-state index in [9.17, 15) is 9.59 Å². The molecule has 96 valence electrons. The molecule has 4 N–H and O–H groups in total. The zero-order valence-electron chi connectivity index (χ0n) is 10.1. The summed E-state index contributed by atoms with van der Waals surface area (Å²) in [7, 11) is 1.69. The maximum Gasteiger partial charge on any atom is 0.266 e. The van der Waals surface area contributed by atoms with Gasteiger partial charge in [0.1, 0.15) is 5.69 Å². The molecule has 0 bridgehead atoms. The lowest BCUT2D eigenvalue weighted by atomic mass is 10.1. The molecule has 6 heteroatoms. The Morgan fingerprint density at radius 2 is 1.78 bits per heavy atom. The highest BCUT2D eigenvalue weighted by Gasteiger charge is 2.23. The third-order valence-corrected chi connectivity index (χ3v) is 2.91. The Kier molecular flexibility index (Phi) is 3.67. The van der Waals surface area contributed by atoms with E-state index in [1.165, 1.54) is 0 Å². The molecule has 0 aliphatic rings. The molecule has 1 aromatic carbocycles. The Hall–Kier alpha value is -2.01. The van der Waals surface area contributed by atoms with Crippen molar-refractivity contribution in [2.45, 2.75) is 6.92 Å². The van der Waals surface area contributed by atoms with E-state index in [4.69, 9.17) is 11.5 Å². The van der Waals surface area contributed by atoms with E-state index in [-0.39, 0.29) is 23.7 Å². The van der Waals surface area contributed by atoms with Gasteiger partial charge < -0.3 is 16.0 Å². The SMILES string of the molecule is Cc1cccc2c1c(C(N)=O)c(C(N)=O)n2C.Cl. The average Bonchev–Trinajstić information content (AvgIpc) is 2.54. The summed E-state index contributed by atoms with van der Waals surface area (Å²) in [5.74, 6) is -1.30. The lowest BCUT2D eigenvalue weighted by Crippen LogP contribution is -2.22. The molecule has 0 saturated carbocycles. The highest BCUT2D eigenvalue weighted by molar-refractivity contribution is 6.15. The maximum atomic E-state index is 11.5. The van der Waals surface area contributed by atoms with Crippen LogP contribution in [0.25, 0.3) is 10.9 Å². The fourth-order valence-electron chi connectivity index (χ4n) is 2.19. The monoisotopic (exact) mass is 267 g/mol. The van der Waals surface area contributed by atoms with Gasteiger partial charge in [-0.3, -0.25) is 9.59 Å². The number of halogens is 1. The molecule has 1 aromatic heterocycles. The van der Waals surface area contributed by atoms with Crippen LogP contribution in [0.1, 0.15) is 26.4 Å². The number of nitrogens with zero attached hydrogens (tertiary/aromatic N) is 1. The predicted octanol–water partition coefficient (Wildman–Crippen LogP) is 1.11. The maximum absolute atomic E-state index is 11.5. The van der Waals surface area contributed by atoms with Gasteiger partial charge in [-0.1, -0.05) is 12.1 Å². The van der Waals surface area contributed by atoms with Crippen molar-refractivity contribution in [3.63, 3.8) is 0 Å². The van der Waals surface area contributed by atoms with Crippen LogP contribution in [0.5, 0.6) is 0 Å². The summed E-state index contributed by atoms with van der Waals surface area (Å²) in [5.41, 5.74) is 12.7. The van der Waals surface area contributed by atoms with Crippen LogP contribution >= 0.6 is 12.4 Å². The normalized spacial score (nSPS) is 10.1. The van der Waals surface area contributed by atoms with Gasteiger partial charge in [-0.25, -0.2) is 0 Å². The number of hydrogen-bond acceptors (Lipinski definition) is 2. The molecule has 0 spiro atoms. The van der Waals surface area contributed by atoms with E-state index < -0.39 is 11.8 Å². The summed E-state index contributed by atoms with van der Waals surface area (Å²) in [6.45, 7) is 1.86. The van der Waals surface area contributed by atoms with Crippen molar-refractivity contribution >= 4 is 35.1 Å². The van der Waals surface area contributed by atoms with Gasteiger partial charge in [-0.2, -0.15) is 0 Å². The molecule has 2 amide bonds. The van der Waals surface area contributed by atoms with E-state index in [1.54, 1.807) is 11.6 Å². The van der Waals surface area contributed by atoms with Crippen LogP contribution in [-0.4, -0.2) is 16.4 Å². The first-order valence-corrected chi connectivity index (χ1v) is 5.12. The van der Waals surface area contributed by atoms with Crippen LogP contribution in [0.3, 0.4) is 0 Å². The molecule has 2 aromatic rings. The number of carbonyl (C=O) groups is 2. The van der Waals surface area contributed by atoms with Crippen LogP contribution in [0, 0.1) is 6.92 Å². The number of nitrogens with two attached hydrogens (primary N) is 2. The van der Waals surface area contributed by atoms with Gasteiger partial charge in [0, 0.05) is 18.0 Å². The molecular formula is C12H14ClN3O2. The molecule has 0 aliphatic carbocycles. The summed E-state index contributed by atoms with van der Waals surface area (Å²) in [4.78, 5) is 22.9. The summed E-state index contributed by atoms with van der Waals surface area (Å²) >= 11 is 0. The van der Waals surface area contributed by atoms with Crippen molar-refractivity contribution in [2.24, 2.45) is 18.5 Å². The minimum Gasteiger partial charge on any atom is -0.366 e. The van der Waals surface area contributed by atoms with Gasteiger partial charge in [0.2, 0.25) is 0 Å². The Bertz CT molecular complexity index is 646. The van der Waals surface area contributed by atoms with Gasteiger partial charge in [-0.05, 0) is 18.6 Å². The van der Waals surface area contributed by atoms with E-state index in [2.05, 4.69) is 0 Å². The van der Waals surface area contributed by atoms with E-state index in [0.717, 1.165) is 11.1 Å². The fourth-order valence-corrected chi connectivity index (χ4v) is 2.19. The number of rotatable bonds is 2. The van der Waals surface area contributed by atoms with Crippen molar-refractivity contribution in [1.82, 2.24) is 4.57 Å². The lowest BCUT2D eigenvalue weighted by Gasteiger charge is -2.00. The summed E-state index contributed by atoms with van der Waals surface area (Å²) in [6.07, 6.45) is 0. The van der Waals surface area contributed by atoms with Crippen LogP contribution in [-0.2, 0) is 7.05 Å². The molecule has 0 saturated heterocycles. The van der Waals surface area contributed by atoms with Gasteiger partial charge in [0.25, 0.3) is 11.8 Å². The molecule has 0 radical (unpaired) electrons. The van der Waals surface area contributed by atoms with Gasteiger partial charge in [-0.15, -0.1) is 12.4 Å². The number of aryl methyl sites for hydroxylation is 2. The number of carbonyl (C=O) groups excluding carboxylic acids is 2. The zero-order chi connectivity index (χ0) is 12.7. The molecule has 1 heterocycles. The fraction of sp³-hybridized carbons (Fsp3) is 0.167. The Labute approximate surface area is 110 Å². The first-order chi connectivity index (χ1) is 7.95. The smallest absolute Gasteiger partial charge is 0.266 e. The summed E-state index contributed by atoms with van der Waals surface area (Å²) in [5, 5.41) is 0.691. The van der Waals surface area contributed by atoms with E-state index in [1.807, 2.05) is 25.1 Å². The van der Waals surface area contributed by atoms with Crippen LogP contribution < -0.4 is 11.5 Å². The van der Waals surface area contributed by atoms with Gasteiger partial charge in [0.15, 0.2) is 0 Å². The van der Waals surface area contributed by atoms with Crippen molar-refractivity contribution in [3.8, 4) is 0 Å². The van der Waals surface area contributed by atoms with E-state index in [0.29, 0.717) is 5.39 Å². The van der Waals surface area contributed by atoms with Crippen molar-refractivity contribution in [3.05, 3.63) is 35.0 Å². The molecular weight excluding hydrogens is 254 g/mol. The van der Waals surface area contributed by atoms with Crippen LogP contribution in [0.15, 0.2) is 18.2 Å². The molecule has 5 nitrogen and oxygen atoms in total. The molecule has 0 atom stereocenters. The zero-order valence-corrected chi connectivity index (χ0v) is 10.9. The van der Waals surface area contributed by atoms with Crippen LogP contribution in [0.2, 0.25) is 0 Å². The number of amides is 2. The number of aromatic nitrogens is 1.